The van der Waals surface area contributed by atoms with E-state index in [0.717, 1.165) is 25.9 Å². The zero-order valence-corrected chi connectivity index (χ0v) is 11.6. The van der Waals surface area contributed by atoms with E-state index in [1.165, 1.54) is 0 Å². The van der Waals surface area contributed by atoms with Gasteiger partial charge in [0.1, 0.15) is 6.04 Å². The van der Waals surface area contributed by atoms with Gasteiger partial charge in [0.15, 0.2) is 0 Å². The molecule has 0 aromatic rings. The number of carbonyl (C=O) groups is 1. The molecule has 2 atom stereocenters. The predicted octanol–water partition coefficient (Wildman–Crippen LogP) is 2.15. The van der Waals surface area contributed by atoms with Crippen molar-refractivity contribution in [2.45, 2.75) is 25.8 Å². The van der Waals surface area contributed by atoms with Crippen molar-refractivity contribution < 1.29 is 14.1 Å². The molecule has 0 aromatic heterocycles. The Hall–Kier alpha value is -0.780. The minimum Gasteiger partial charge on any atom is -0.480 e. The first-order chi connectivity index (χ1) is 8.66. The molecule has 1 saturated heterocycles. The Morgan fingerprint density at radius 1 is 1.56 bits per heavy atom. The van der Waals surface area contributed by atoms with Gasteiger partial charge in [0, 0.05) is 6.54 Å². The van der Waals surface area contributed by atoms with E-state index < -0.39 is 17.1 Å². The summed E-state index contributed by atoms with van der Waals surface area (Å²) in [7, 11) is 0. The third-order valence-corrected chi connectivity index (χ3v) is 4.66. The molecule has 0 unspecified atom stereocenters. The Balaban J connectivity index is 1.73. The maximum absolute atomic E-state index is 11.1. The fourth-order valence-electron chi connectivity index (χ4n) is 2.40. The average Bonchev–Trinajstić information content (AvgIpc) is 2.96. The van der Waals surface area contributed by atoms with Crippen LogP contribution in [0.25, 0.3) is 0 Å². The van der Waals surface area contributed by atoms with E-state index >= 15 is 0 Å². The number of rotatable bonds is 6. The molecule has 2 aliphatic rings. The lowest BCUT2D eigenvalue weighted by Gasteiger charge is -2.25. The van der Waals surface area contributed by atoms with E-state index in [2.05, 4.69) is 22.6 Å². The van der Waals surface area contributed by atoms with Crippen LogP contribution in [0, 0.1) is 5.92 Å². The number of hydrogen-bond acceptors (Lipinski definition) is 3. The summed E-state index contributed by atoms with van der Waals surface area (Å²) < 4.78 is 5.79. The Morgan fingerprint density at radius 2 is 2.28 bits per heavy atom. The lowest BCUT2D eigenvalue weighted by atomic mass is 10.1. The SMILES string of the molecule is C[C@H](CO[SH]1C=CC=C1)CN1CCC[C@H]1C(=O)O. The third kappa shape index (κ3) is 3.60. The number of thiol groups is 1. The maximum atomic E-state index is 11.1. The standard InChI is InChI=1S/C13H21NO3S/c1-11(10-17-18-7-2-3-8-18)9-14-6-4-5-12(14)13(15)16/h2-3,7-8,11-12,18H,4-6,9-10H2,1H3,(H,15,16)/t11-,12-/m0/s1. The van der Waals surface area contributed by atoms with E-state index in [9.17, 15) is 4.79 Å². The number of allylic oxidation sites excluding steroid dienone is 2. The van der Waals surface area contributed by atoms with Gasteiger partial charge in [-0.1, -0.05) is 19.1 Å². The lowest BCUT2D eigenvalue weighted by molar-refractivity contribution is -0.142. The highest BCUT2D eigenvalue weighted by atomic mass is 32.2. The zero-order valence-electron chi connectivity index (χ0n) is 10.7. The molecular formula is C13H21NO3S. The van der Waals surface area contributed by atoms with Crippen molar-refractivity contribution in [1.82, 2.24) is 4.90 Å². The summed E-state index contributed by atoms with van der Waals surface area (Å²) in [5, 5.41) is 13.3. The van der Waals surface area contributed by atoms with Gasteiger partial charge in [-0.2, -0.15) is 0 Å². The van der Waals surface area contributed by atoms with Gasteiger partial charge in [0.2, 0.25) is 0 Å². The van der Waals surface area contributed by atoms with E-state index in [0.29, 0.717) is 12.5 Å². The summed E-state index contributed by atoms with van der Waals surface area (Å²) in [5.74, 6) is -0.318. The molecule has 1 fully saturated rings. The fraction of sp³-hybridized carbons (Fsp3) is 0.615. The number of hydrogen-bond donors (Lipinski definition) is 2. The van der Waals surface area contributed by atoms with Crippen LogP contribution in [0.1, 0.15) is 19.8 Å². The van der Waals surface area contributed by atoms with Gasteiger partial charge in [0.25, 0.3) is 0 Å². The maximum Gasteiger partial charge on any atom is 0.320 e. The van der Waals surface area contributed by atoms with Crippen molar-refractivity contribution in [2.75, 3.05) is 19.7 Å². The second-order valence-electron chi connectivity index (χ2n) is 4.94. The fourth-order valence-corrected chi connectivity index (χ4v) is 3.63. The molecule has 0 radical (unpaired) electrons. The average molecular weight is 271 g/mol. The van der Waals surface area contributed by atoms with E-state index in [4.69, 9.17) is 9.29 Å². The normalized spacial score (nSPS) is 26.9. The van der Waals surface area contributed by atoms with Gasteiger partial charge in [-0.3, -0.25) is 9.69 Å². The summed E-state index contributed by atoms with van der Waals surface area (Å²) in [6.07, 6.45) is 5.79. The first-order valence-corrected chi connectivity index (χ1v) is 7.79. The minimum absolute atomic E-state index is 0.288. The zero-order chi connectivity index (χ0) is 13.0. The van der Waals surface area contributed by atoms with Crippen molar-refractivity contribution >= 4 is 17.1 Å². The molecule has 1 N–H and O–H groups in total. The van der Waals surface area contributed by atoms with E-state index in [1.54, 1.807) is 0 Å². The van der Waals surface area contributed by atoms with Crippen LogP contribution < -0.4 is 0 Å². The Labute approximate surface area is 111 Å². The third-order valence-electron chi connectivity index (χ3n) is 3.28. The molecule has 2 rings (SSSR count). The molecule has 0 aromatic carbocycles. The molecule has 18 heavy (non-hydrogen) atoms. The molecular weight excluding hydrogens is 250 g/mol. The number of likely N-dealkylation sites (tertiary alicyclic amines) is 1. The van der Waals surface area contributed by atoms with Gasteiger partial charge in [-0.15, -0.1) is 11.2 Å². The Bertz CT molecular complexity index is 344. The van der Waals surface area contributed by atoms with Gasteiger partial charge in [-0.25, -0.2) is 0 Å². The summed E-state index contributed by atoms with van der Waals surface area (Å²) in [6, 6.07) is -0.288. The highest BCUT2D eigenvalue weighted by Crippen LogP contribution is 2.34. The molecule has 4 nitrogen and oxygen atoms in total. The lowest BCUT2D eigenvalue weighted by Crippen LogP contribution is -2.39. The molecule has 2 aliphatic heterocycles. The van der Waals surface area contributed by atoms with E-state index in [1.807, 2.05) is 12.2 Å². The molecule has 5 heteroatoms. The molecule has 0 amide bonds. The summed E-state index contributed by atoms with van der Waals surface area (Å²) in [6.45, 7) is 4.53. The van der Waals surface area contributed by atoms with Crippen LogP contribution in [0.5, 0.6) is 0 Å². The number of carboxylic acid groups (broad SMARTS) is 1. The van der Waals surface area contributed by atoms with Crippen molar-refractivity contribution in [1.29, 1.82) is 0 Å². The first-order valence-electron chi connectivity index (χ1n) is 6.40. The van der Waals surface area contributed by atoms with Crippen LogP contribution in [0.4, 0.5) is 0 Å². The van der Waals surface area contributed by atoms with Crippen LogP contribution in [-0.2, 0) is 8.98 Å². The Morgan fingerprint density at radius 3 is 2.94 bits per heavy atom. The highest BCUT2D eigenvalue weighted by molar-refractivity contribution is 8.18. The summed E-state index contributed by atoms with van der Waals surface area (Å²) in [4.78, 5) is 13.1. The summed E-state index contributed by atoms with van der Waals surface area (Å²) >= 11 is -0.515. The second kappa shape index (κ2) is 6.41. The molecule has 0 bridgehead atoms. The molecule has 0 saturated carbocycles. The topological polar surface area (TPSA) is 49.8 Å². The van der Waals surface area contributed by atoms with Gasteiger partial charge >= 0.3 is 5.97 Å². The smallest absolute Gasteiger partial charge is 0.320 e. The van der Waals surface area contributed by atoms with Crippen LogP contribution in [-0.4, -0.2) is 41.7 Å². The predicted molar refractivity (Wildman–Crippen MR) is 74.6 cm³/mol. The molecule has 2 heterocycles. The monoisotopic (exact) mass is 271 g/mol. The van der Waals surface area contributed by atoms with Crippen molar-refractivity contribution in [2.24, 2.45) is 5.92 Å². The van der Waals surface area contributed by atoms with Gasteiger partial charge in [0.05, 0.1) is 6.61 Å². The van der Waals surface area contributed by atoms with Crippen LogP contribution in [0.15, 0.2) is 23.0 Å². The molecule has 0 aliphatic carbocycles. The minimum atomic E-state index is -0.688. The Kier molecular flexibility index (Phi) is 4.86. The first kappa shape index (κ1) is 13.6. The second-order valence-corrected chi connectivity index (χ2v) is 6.51. The van der Waals surface area contributed by atoms with Gasteiger partial charge in [-0.05, 0) is 36.1 Å². The number of carboxylic acids is 1. The number of nitrogens with zero attached hydrogens (tertiary/aromatic N) is 1. The largest absolute Gasteiger partial charge is 0.480 e. The van der Waals surface area contributed by atoms with Crippen molar-refractivity contribution in [3.63, 3.8) is 0 Å². The summed E-state index contributed by atoms with van der Waals surface area (Å²) in [5.41, 5.74) is 0. The van der Waals surface area contributed by atoms with E-state index in [-0.39, 0.29) is 6.04 Å². The van der Waals surface area contributed by atoms with Crippen LogP contribution >= 0.6 is 11.2 Å². The quantitative estimate of drug-likeness (QED) is 0.727. The van der Waals surface area contributed by atoms with Gasteiger partial charge < -0.3 is 9.29 Å². The van der Waals surface area contributed by atoms with Crippen molar-refractivity contribution in [3.8, 4) is 0 Å². The molecule has 102 valence electrons. The highest BCUT2D eigenvalue weighted by Gasteiger charge is 2.31. The number of aliphatic carboxylic acids is 1. The van der Waals surface area contributed by atoms with Crippen LogP contribution in [0.2, 0.25) is 0 Å². The van der Waals surface area contributed by atoms with Crippen molar-refractivity contribution in [3.05, 3.63) is 23.0 Å². The van der Waals surface area contributed by atoms with Crippen LogP contribution in [0.3, 0.4) is 0 Å². The molecule has 0 spiro atoms.